The predicted octanol–water partition coefficient (Wildman–Crippen LogP) is 3.65. The Bertz CT molecular complexity index is 1080. The molecule has 0 fully saturated rings. The number of hydrogen-bond donors (Lipinski definition) is 2. The number of aromatic nitrogens is 2. The average Bonchev–Trinajstić information content (AvgIpc) is 2.65. The molecular formula is C20H21N3O2S. The van der Waals surface area contributed by atoms with Gasteiger partial charge in [-0.15, -0.1) is 0 Å². The van der Waals surface area contributed by atoms with Crippen LogP contribution in [-0.2, 0) is 13.5 Å². The minimum atomic E-state index is -0.195. The second kappa shape index (κ2) is 7.25. The van der Waals surface area contributed by atoms with Crippen molar-refractivity contribution in [1.82, 2.24) is 14.9 Å². The van der Waals surface area contributed by atoms with Gasteiger partial charge >= 0.3 is 0 Å². The summed E-state index contributed by atoms with van der Waals surface area (Å²) < 4.78 is 1.70. The molecule has 0 radical (unpaired) electrons. The van der Waals surface area contributed by atoms with Crippen LogP contribution in [0.4, 0.5) is 0 Å². The van der Waals surface area contributed by atoms with Gasteiger partial charge < -0.3 is 10.3 Å². The van der Waals surface area contributed by atoms with E-state index in [2.05, 4.69) is 29.4 Å². The van der Waals surface area contributed by atoms with Crippen molar-refractivity contribution in [2.45, 2.75) is 26.3 Å². The molecule has 0 saturated carbocycles. The fraction of sp³-hybridized carbons (Fsp3) is 0.250. The van der Waals surface area contributed by atoms with Crippen LogP contribution in [0.5, 0.6) is 0 Å². The quantitative estimate of drug-likeness (QED) is 0.692. The van der Waals surface area contributed by atoms with Crippen molar-refractivity contribution in [3.8, 4) is 0 Å². The molecule has 2 aromatic carbocycles. The van der Waals surface area contributed by atoms with Gasteiger partial charge in [0.25, 0.3) is 11.5 Å². The summed E-state index contributed by atoms with van der Waals surface area (Å²) in [5.41, 5.74) is 3.17. The number of nitrogens with one attached hydrogen (secondary N) is 2. The van der Waals surface area contributed by atoms with E-state index in [9.17, 15) is 9.59 Å². The number of amides is 1. The van der Waals surface area contributed by atoms with Crippen LogP contribution in [0.2, 0.25) is 0 Å². The van der Waals surface area contributed by atoms with Gasteiger partial charge in [-0.2, -0.15) is 0 Å². The summed E-state index contributed by atoms with van der Waals surface area (Å²) in [5, 5.41) is 3.49. The number of rotatable bonds is 4. The highest BCUT2D eigenvalue weighted by molar-refractivity contribution is 7.71. The summed E-state index contributed by atoms with van der Waals surface area (Å²) in [6.07, 6.45) is 0.985. The third-order valence-electron chi connectivity index (χ3n) is 4.60. The zero-order valence-corrected chi connectivity index (χ0v) is 15.8. The highest BCUT2D eigenvalue weighted by Gasteiger charge is 2.13. The topological polar surface area (TPSA) is 66.9 Å². The van der Waals surface area contributed by atoms with Crippen molar-refractivity contribution >= 4 is 29.0 Å². The lowest BCUT2D eigenvalue weighted by molar-refractivity contribution is 0.0940. The Labute approximate surface area is 156 Å². The molecule has 2 N–H and O–H groups in total. The zero-order chi connectivity index (χ0) is 18.8. The molecule has 0 spiro atoms. The van der Waals surface area contributed by atoms with Crippen LogP contribution < -0.4 is 10.9 Å². The number of nitrogens with zero attached hydrogens (tertiary/aromatic N) is 1. The predicted molar refractivity (Wildman–Crippen MR) is 106 cm³/mol. The van der Waals surface area contributed by atoms with Crippen LogP contribution >= 0.6 is 12.2 Å². The van der Waals surface area contributed by atoms with E-state index in [1.165, 1.54) is 10.1 Å². The zero-order valence-electron chi connectivity index (χ0n) is 15.0. The minimum Gasteiger partial charge on any atom is -0.346 e. The number of aryl methyl sites for hydroxylation is 1. The molecule has 0 aliphatic carbocycles. The Balaban J connectivity index is 1.86. The van der Waals surface area contributed by atoms with Crippen LogP contribution in [-0.4, -0.2) is 15.5 Å². The highest BCUT2D eigenvalue weighted by atomic mass is 32.1. The third kappa shape index (κ3) is 3.46. The van der Waals surface area contributed by atoms with Crippen molar-refractivity contribution in [3.63, 3.8) is 0 Å². The maximum absolute atomic E-state index is 12.6. The van der Waals surface area contributed by atoms with Crippen LogP contribution in [0, 0.1) is 4.77 Å². The second-order valence-electron chi connectivity index (χ2n) is 6.34. The summed E-state index contributed by atoms with van der Waals surface area (Å²) in [6.45, 7) is 4.06. The molecule has 1 heterocycles. The van der Waals surface area contributed by atoms with Crippen LogP contribution in [0.15, 0.2) is 47.3 Å². The van der Waals surface area contributed by atoms with E-state index in [-0.39, 0.29) is 17.5 Å². The number of hydrogen-bond acceptors (Lipinski definition) is 3. The highest BCUT2D eigenvalue weighted by Crippen LogP contribution is 2.16. The average molecular weight is 367 g/mol. The van der Waals surface area contributed by atoms with Crippen LogP contribution in [0.25, 0.3) is 10.9 Å². The van der Waals surface area contributed by atoms with Gasteiger partial charge in [-0.3, -0.25) is 14.2 Å². The lowest BCUT2D eigenvalue weighted by atomic mass is 10.0. The first-order chi connectivity index (χ1) is 12.4. The molecule has 26 heavy (non-hydrogen) atoms. The fourth-order valence-electron chi connectivity index (χ4n) is 2.85. The first kappa shape index (κ1) is 18.1. The van der Waals surface area contributed by atoms with E-state index in [0.29, 0.717) is 21.2 Å². The minimum absolute atomic E-state index is 0.119. The SMILES string of the molecule is CCc1ccc(C(C)NC(=O)c2ccc3c(=O)n(C)c(=S)[nH]c3c2)cc1. The standard InChI is InChI=1S/C20H21N3O2S/c1-4-13-5-7-14(8-6-13)12(2)21-18(24)15-9-10-16-17(11-15)22-20(26)23(3)19(16)25/h5-12H,4H2,1-3H3,(H,21,24)(H,22,26). The molecule has 0 bridgehead atoms. The van der Waals surface area contributed by atoms with E-state index in [1.54, 1.807) is 25.2 Å². The molecule has 0 saturated heterocycles. The molecule has 3 rings (SSSR count). The van der Waals surface area contributed by atoms with Crippen molar-refractivity contribution < 1.29 is 4.79 Å². The lowest BCUT2D eigenvalue weighted by Crippen LogP contribution is -2.27. The van der Waals surface area contributed by atoms with Crippen LogP contribution in [0.3, 0.4) is 0 Å². The summed E-state index contributed by atoms with van der Waals surface area (Å²) in [6, 6.07) is 13.1. The molecule has 134 valence electrons. The van der Waals surface area contributed by atoms with Crippen molar-refractivity contribution in [2.24, 2.45) is 7.05 Å². The largest absolute Gasteiger partial charge is 0.346 e. The van der Waals surface area contributed by atoms with E-state index >= 15 is 0 Å². The number of aromatic amines is 1. The summed E-state index contributed by atoms with van der Waals surface area (Å²) in [5.74, 6) is -0.195. The Kier molecular flexibility index (Phi) is 5.04. The Morgan fingerprint density at radius 2 is 1.92 bits per heavy atom. The maximum Gasteiger partial charge on any atom is 0.261 e. The normalized spacial score (nSPS) is 12.1. The Morgan fingerprint density at radius 1 is 1.23 bits per heavy atom. The van der Waals surface area contributed by atoms with Gasteiger partial charge in [0.1, 0.15) is 0 Å². The van der Waals surface area contributed by atoms with Gasteiger partial charge in [0, 0.05) is 12.6 Å². The van der Waals surface area contributed by atoms with Gasteiger partial charge in [-0.25, -0.2) is 0 Å². The number of carbonyl (C=O) groups is 1. The Hall–Kier alpha value is -2.73. The monoisotopic (exact) mass is 367 g/mol. The first-order valence-corrected chi connectivity index (χ1v) is 8.94. The first-order valence-electron chi connectivity index (χ1n) is 8.53. The van der Waals surface area contributed by atoms with Gasteiger partial charge in [0.15, 0.2) is 4.77 Å². The van der Waals surface area contributed by atoms with Crippen molar-refractivity contribution in [1.29, 1.82) is 0 Å². The van der Waals surface area contributed by atoms with E-state index in [4.69, 9.17) is 12.2 Å². The van der Waals surface area contributed by atoms with E-state index < -0.39 is 0 Å². The molecule has 1 unspecified atom stereocenters. The number of benzene rings is 2. The van der Waals surface area contributed by atoms with Gasteiger partial charge in [-0.05, 0) is 54.9 Å². The third-order valence-corrected chi connectivity index (χ3v) is 4.97. The lowest BCUT2D eigenvalue weighted by Gasteiger charge is -2.15. The van der Waals surface area contributed by atoms with E-state index in [1.807, 2.05) is 19.1 Å². The molecule has 6 heteroatoms. The Morgan fingerprint density at radius 3 is 2.58 bits per heavy atom. The molecular weight excluding hydrogens is 346 g/mol. The van der Waals surface area contributed by atoms with Crippen molar-refractivity contribution in [3.05, 3.63) is 74.3 Å². The fourth-order valence-corrected chi connectivity index (χ4v) is 3.05. The summed E-state index contributed by atoms with van der Waals surface area (Å²) in [4.78, 5) is 27.8. The van der Waals surface area contributed by atoms with Gasteiger partial charge in [0.2, 0.25) is 0 Å². The molecule has 1 amide bonds. The molecule has 1 atom stereocenters. The molecule has 5 nitrogen and oxygen atoms in total. The maximum atomic E-state index is 12.6. The number of fused-ring (bicyclic) bond motifs is 1. The summed E-state index contributed by atoms with van der Waals surface area (Å²) >= 11 is 5.14. The van der Waals surface area contributed by atoms with Gasteiger partial charge in [-0.1, -0.05) is 31.2 Å². The molecule has 1 aromatic heterocycles. The van der Waals surface area contributed by atoms with Crippen molar-refractivity contribution in [2.75, 3.05) is 0 Å². The second-order valence-corrected chi connectivity index (χ2v) is 6.73. The molecule has 0 aliphatic heterocycles. The van der Waals surface area contributed by atoms with E-state index in [0.717, 1.165) is 12.0 Å². The summed E-state index contributed by atoms with van der Waals surface area (Å²) in [7, 11) is 1.62. The number of carbonyl (C=O) groups excluding carboxylic acids is 1. The smallest absolute Gasteiger partial charge is 0.261 e. The van der Waals surface area contributed by atoms with Crippen LogP contribution in [0.1, 0.15) is 41.4 Å². The molecule has 3 aromatic rings. The number of H-pyrrole nitrogens is 1. The molecule has 0 aliphatic rings. The van der Waals surface area contributed by atoms with Gasteiger partial charge in [0.05, 0.1) is 16.9 Å².